The van der Waals surface area contributed by atoms with Gasteiger partial charge in [-0.15, -0.1) is 0 Å². The van der Waals surface area contributed by atoms with Crippen LogP contribution in [0.5, 0.6) is 0 Å². The van der Waals surface area contributed by atoms with Crippen LogP contribution in [0, 0.1) is 6.92 Å². The van der Waals surface area contributed by atoms with E-state index in [-0.39, 0.29) is 6.54 Å². The molecule has 0 spiro atoms. The number of urea groups is 1. The minimum absolute atomic E-state index is 0.173. The van der Waals surface area contributed by atoms with E-state index in [1.807, 2.05) is 6.92 Å². The van der Waals surface area contributed by atoms with Gasteiger partial charge in [0.1, 0.15) is 6.04 Å². The Kier molecular flexibility index (Phi) is 5.84. The quantitative estimate of drug-likeness (QED) is 0.694. The van der Waals surface area contributed by atoms with Gasteiger partial charge in [-0.3, -0.25) is 0 Å². The van der Waals surface area contributed by atoms with Crippen molar-refractivity contribution < 1.29 is 19.2 Å². The molecule has 1 aromatic rings. The Bertz CT molecular complexity index is 430. The highest BCUT2D eigenvalue weighted by Gasteiger charge is 2.19. The first kappa shape index (κ1) is 15.0. The van der Waals surface area contributed by atoms with E-state index in [0.717, 1.165) is 18.5 Å². The highest BCUT2D eigenvalue weighted by atomic mass is 16.5. The van der Waals surface area contributed by atoms with Crippen LogP contribution in [0.2, 0.25) is 0 Å². The summed E-state index contributed by atoms with van der Waals surface area (Å²) in [7, 11) is 0. The zero-order chi connectivity index (χ0) is 14.3. The molecule has 0 aliphatic carbocycles. The molecule has 7 nitrogen and oxygen atoms in total. The Labute approximate surface area is 111 Å². The lowest BCUT2D eigenvalue weighted by atomic mass is 10.1. The summed E-state index contributed by atoms with van der Waals surface area (Å²) in [5.41, 5.74) is 0.726. The molecule has 0 saturated heterocycles. The fourth-order valence-electron chi connectivity index (χ4n) is 1.54. The number of nitrogens with one attached hydrogen (secondary N) is 2. The first-order chi connectivity index (χ1) is 9.02. The summed E-state index contributed by atoms with van der Waals surface area (Å²) in [5, 5.41) is 17.6. The van der Waals surface area contributed by atoms with Crippen LogP contribution in [0.15, 0.2) is 10.6 Å². The van der Waals surface area contributed by atoms with Crippen molar-refractivity contribution in [1.29, 1.82) is 0 Å². The van der Waals surface area contributed by atoms with Crippen LogP contribution in [0.3, 0.4) is 0 Å². The molecule has 0 saturated carbocycles. The van der Waals surface area contributed by atoms with Gasteiger partial charge in [0.15, 0.2) is 5.76 Å². The van der Waals surface area contributed by atoms with Crippen molar-refractivity contribution in [2.24, 2.45) is 0 Å². The Morgan fingerprint density at radius 3 is 2.79 bits per heavy atom. The number of carboxylic acids is 1. The van der Waals surface area contributed by atoms with Gasteiger partial charge in [-0.25, -0.2) is 9.59 Å². The molecule has 0 fully saturated rings. The van der Waals surface area contributed by atoms with Crippen molar-refractivity contribution >= 4 is 12.0 Å². The molecule has 3 N–H and O–H groups in total. The lowest BCUT2D eigenvalue weighted by Gasteiger charge is -2.14. The van der Waals surface area contributed by atoms with E-state index < -0.39 is 18.0 Å². The van der Waals surface area contributed by atoms with Crippen LogP contribution in [0.4, 0.5) is 4.79 Å². The number of unbranched alkanes of at least 4 members (excludes halogenated alkanes) is 1. The van der Waals surface area contributed by atoms with Gasteiger partial charge in [-0.2, -0.15) is 0 Å². The number of hydrogen-bond acceptors (Lipinski definition) is 4. The molecule has 1 atom stereocenters. The van der Waals surface area contributed by atoms with Crippen LogP contribution in [-0.2, 0) is 11.3 Å². The maximum atomic E-state index is 11.6. The lowest BCUT2D eigenvalue weighted by molar-refractivity contribution is -0.139. The number of amides is 2. The van der Waals surface area contributed by atoms with Crippen LogP contribution >= 0.6 is 0 Å². The molecule has 1 heterocycles. The normalized spacial score (nSPS) is 11.9. The van der Waals surface area contributed by atoms with Crippen molar-refractivity contribution in [3.8, 4) is 0 Å². The van der Waals surface area contributed by atoms with Crippen LogP contribution in [0.25, 0.3) is 0 Å². The monoisotopic (exact) mass is 269 g/mol. The predicted octanol–water partition coefficient (Wildman–Crippen LogP) is 1.43. The smallest absolute Gasteiger partial charge is 0.326 e. The maximum absolute atomic E-state index is 11.6. The SMILES string of the molecule is CCCC[C@H](NC(=O)NCc1cc(C)no1)C(=O)O. The number of carbonyl (C=O) groups excluding carboxylic acids is 1. The molecular formula is C12H19N3O4. The number of aromatic nitrogens is 1. The van der Waals surface area contributed by atoms with Crippen molar-refractivity contribution in [1.82, 2.24) is 15.8 Å². The summed E-state index contributed by atoms with van der Waals surface area (Å²) in [5.74, 6) is -0.507. The zero-order valence-corrected chi connectivity index (χ0v) is 11.1. The molecule has 1 aromatic heterocycles. The second-order valence-corrected chi connectivity index (χ2v) is 4.29. The third-order valence-corrected chi connectivity index (χ3v) is 2.55. The average molecular weight is 269 g/mol. The second-order valence-electron chi connectivity index (χ2n) is 4.29. The lowest BCUT2D eigenvalue weighted by Crippen LogP contribution is -2.45. The Balaban J connectivity index is 2.37. The number of rotatable bonds is 7. The van der Waals surface area contributed by atoms with E-state index in [2.05, 4.69) is 15.8 Å². The molecule has 1 rings (SSSR count). The molecule has 7 heteroatoms. The summed E-state index contributed by atoms with van der Waals surface area (Å²) in [6.07, 6.45) is 2.05. The molecule has 0 radical (unpaired) electrons. The molecule has 2 amide bonds. The standard InChI is InChI=1S/C12H19N3O4/c1-3-4-5-10(11(16)17)14-12(18)13-7-9-6-8(2)15-19-9/h6,10H,3-5,7H2,1-2H3,(H,16,17)(H2,13,14,18)/t10-/m0/s1. The van der Waals surface area contributed by atoms with E-state index in [4.69, 9.17) is 9.63 Å². The molecule has 0 aliphatic heterocycles. The summed E-state index contributed by atoms with van der Waals surface area (Å²) in [6, 6.07) is 0.306. The first-order valence-electron chi connectivity index (χ1n) is 6.22. The van der Waals surface area contributed by atoms with E-state index >= 15 is 0 Å². The van der Waals surface area contributed by atoms with Gasteiger partial charge in [0.2, 0.25) is 0 Å². The third kappa shape index (κ3) is 5.41. The molecule has 0 bridgehead atoms. The summed E-state index contributed by atoms with van der Waals surface area (Å²) in [6.45, 7) is 3.91. The highest BCUT2D eigenvalue weighted by molar-refractivity contribution is 5.82. The topological polar surface area (TPSA) is 104 Å². The third-order valence-electron chi connectivity index (χ3n) is 2.55. The largest absolute Gasteiger partial charge is 0.480 e. The van der Waals surface area contributed by atoms with Gasteiger partial charge in [0.25, 0.3) is 0 Å². The molecule has 0 aromatic carbocycles. The number of carboxylic acid groups (broad SMARTS) is 1. The van der Waals surface area contributed by atoms with Crippen LogP contribution in [0.1, 0.15) is 37.6 Å². The number of carbonyl (C=O) groups is 2. The van der Waals surface area contributed by atoms with Gasteiger partial charge in [0.05, 0.1) is 12.2 Å². The summed E-state index contributed by atoms with van der Waals surface area (Å²) >= 11 is 0. The molecular weight excluding hydrogens is 250 g/mol. The van der Waals surface area contributed by atoms with E-state index in [1.165, 1.54) is 0 Å². The average Bonchev–Trinajstić information content (AvgIpc) is 2.77. The molecule has 19 heavy (non-hydrogen) atoms. The van der Waals surface area contributed by atoms with Crippen molar-refractivity contribution in [3.63, 3.8) is 0 Å². The fraction of sp³-hybridized carbons (Fsp3) is 0.583. The highest BCUT2D eigenvalue weighted by Crippen LogP contribution is 2.02. The van der Waals surface area contributed by atoms with Crippen molar-refractivity contribution in [2.75, 3.05) is 0 Å². The fourth-order valence-corrected chi connectivity index (χ4v) is 1.54. The first-order valence-corrected chi connectivity index (χ1v) is 6.22. The predicted molar refractivity (Wildman–Crippen MR) is 67.6 cm³/mol. The zero-order valence-electron chi connectivity index (χ0n) is 11.1. The number of aryl methyl sites for hydroxylation is 1. The number of nitrogens with zero attached hydrogens (tertiary/aromatic N) is 1. The van der Waals surface area contributed by atoms with Crippen molar-refractivity contribution in [3.05, 3.63) is 17.5 Å². The minimum Gasteiger partial charge on any atom is -0.480 e. The Morgan fingerprint density at radius 2 is 2.26 bits per heavy atom. The van der Waals surface area contributed by atoms with Crippen LogP contribution < -0.4 is 10.6 Å². The van der Waals surface area contributed by atoms with Gasteiger partial charge < -0.3 is 20.3 Å². The number of hydrogen-bond donors (Lipinski definition) is 3. The van der Waals surface area contributed by atoms with E-state index in [0.29, 0.717) is 12.2 Å². The van der Waals surface area contributed by atoms with Gasteiger partial charge >= 0.3 is 12.0 Å². The molecule has 106 valence electrons. The second kappa shape index (κ2) is 7.40. The van der Waals surface area contributed by atoms with Gasteiger partial charge in [-0.05, 0) is 13.3 Å². The Morgan fingerprint density at radius 1 is 1.53 bits per heavy atom. The summed E-state index contributed by atoms with van der Waals surface area (Å²) in [4.78, 5) is 22.5. The molecule has 0 unspecified atom stereocenters. The van der Waals surface area contributed by atoms with Crippen molar-refractivity contribution in [2.45, 2.75) is 45.7 Å². The van der Waals surface area contributed by atoms with Crippen LogP contribution in [-0.4, -0.2) is 28.3 Å². The number of aliphatic carboxylic acids is 1. The molecule has 0 aliphatic rings. The van der Waals surface area contributed by atoms with Gasteiger partial charge in [0, 0.05) is 6.07 Å². The Hall–Kier alpha value is -2.05. The van der Waals surface area contributed by atoms with E-state index in [1.54, 1.807) is 13.0 Å². The minimum atomic E-state index is -1.03. The maximum Gasteiger partial charge on any atom is 0.326 e. The van der Waals surface area contributed by atoms with Gasteiger partial charge in [-0.1, -0.05) is 24.9 Å². The van der Waals surface area contributed by atoms with E-state index in [9.17, 15) is 9.59 Å². The summed E-state index contributed by atoms with van der Waals surface area (Å²) < 4.78 is 4.92.